The van der Waals surface area contributed by atoms with Gasteiger partial charge < -0.3 is 11.1 Å². The molecule has 1 unspecified atom stereocenters. The third-order valence-electron chi connectivity index (χ3n) is 4.25. The monoisotopic (exact) mass is 256 g/mol. The maximum absolute atomic E-state index is 5.95. The van der Waals surface area contributed by atoms with Crippen LogP contribution < -0.4 is 11.1 Å². The third kappa shape index (κ3) is 8.10. The lowest BCUT2D eigenvalue weighted by Crippen LogP contribution is -2.50. The van der Waals surface area contributed by atoms with E-state index in [1.54, 1.807) is 0 Å². The van der Waals surface area contributed by atoms with Crippen molar-refractivity contribution in [1.29, 1.82) is 0 Å². The third-order valence-corrected chi connectivity index (χ3v) is 4.25. The lowest BCUT2D eigenvalue weighted by atomic mass is 9.92. The second kappa shape index (κ2) is 10.8. The normalized spacial score (nSPS) is 15.0. The number of rotatable bonds is 12. The van der Waals surface area contributed by atoms with Crippen LogP contribution in [0.5, 0.6) is 0 Å². The Morgan fingerprint density at radius 1 is 1.00 bits per heavy atom. The van der Waals surface area contributed by atoms with Crippen molar-refractivity contribution in [2.45, 2.75) is 84.6 Å². The molecule has 0 saturated carbocycles. The molecule has 0 aromatic rings. The lowest BCUT2D eigenvalue weighted by molar-refractivity contribution is 0.295. The molecule has 0 aliphatic heterocycles. The first kappa shape index (κ1) is 17.9. The van der Waals surface area contributed by atoms with E-state index in [-0.39, 0.29) is 5.54 Å². The van der Waals surface area contributed by atoms with Gasteiger partial charge in [0.2, 0.25) is 0 Å². The Morgan fingerprint density at radius 2 is 1.61 bits per heavy atom. The van der Waals surface area contributed by atoms with E-state index >= 15 is 0 Å². The van der Waals surface area contributed by atoms with Gasteiger partial charge >= 0.3 is 0 Å². The van der Waals surface area contributed by atoms with Crippen LogP contribution in [-0.4, -0.2) is 18.6 Å². The molecule has 0 radical (unpaired) electrons. The van der Waals surface area contributed by atoms with Crippen molar-refractivity contribution in [1.82, 2.24) is 5.32 Å². The summed E-state index contributed by atoms with van der Waals surface area (Å²) in [6.45, 7) is 11.0. The molecule has 0 heterocycles. The molecular formula is C16H36N2. The minimum absolute atomic E-state index is 0.148. The summed E-state index contributed by atoms with van der Waals surface area (Å²) in [6.07, 6.45) is 10.5. The Morgan fingerprint density at radius 3 is 2.11 bits per heavy atom. The highest BCUT2D eigenvalue weighted by Crippen LogP contribution is 2.16. The van der Waals surface area contributed by atoms with Gasteiger partial charge in [0.15, 0.2) is 0 Å². The summed E-state index contributed by atoms with van der Waals surface area (Å²) in [7, 11) is 0. The van der Waals surface area contributed by atoms with Crippen LogP contribution in [0.25, 0.3) is 0 Å². The quantitative estimate of drug-likeness (QED) is 0.516. The molecular weight excluding hydrogens is 220 g/mol. The average Bonchev–Trinajstić information content (AvgIpc) is 2.40. The van der Waals surface area contributed by atoms with Crippen molar-refractivity contribution in [3.63, 3.8) is 0 Å². The molecule has 2 nitrogen and oxygen atoms in total. The summed E-state index contributed by atoms with van der Waals surface area (Å²) in [5.41, 5.74) is 6.10. The fraction of sp³-hybridized carbons (Fsp3) is 1.00. The first-order valence-corrected chi connectivity index (χ1v) is 8.06. The number of nitrogens with two attached hydrogens (primary N) is 1. The summed E-state index contributed by atoms with van der Waals surface area (Å²) in [4.78, 5) is 0. The molecule has 0 bridgehead atoms. The van der Waals surface area contributed by atoms with Crippen LogP contribution in [0, 0.1) is 5.92 Å². The van der Waals surface area contributed by atoms with Gasteiger partial charge in [-0.2, -0.15) is 0 Å². The maximum atomic E-state index is 5.95. The van der Waals surface area contributed by atoms with Crippen molar-refractivity contribution in [2.24, 2.45) is 11.7 Å². The van der Waals surface area contributed by atoms with Gasteiger partial charge in [-0.3, -0.25) is 0 Å². The maximum Gasteiger partial charge on any atom is 0.0275 e. The number of nitrogens with one attached hydrogen (secondary N) is 1. The van der Waals surface area contributed by atoms with Gasteiger partial charge in [-0.25, -0.2) is 0 Å². The molecule has 0 aliphatic carbocycles. The predicted octanol–water partition coefficient (Wildman–Crippen LogP) is 4.09. The first-order valence-electron chi connectivity index (χ1n) is 8.06. The molecule has 2 heteroatoms. The van der Waals surface area contributed by atoms with Crippen molar-refractivity contribution < 1.29 is 0 Å². The molecule has 0 aliphatic rings. The summed E-state index contributed by atoms with van der Waals surface area (Å²) in [6, 6.07) is 0. The Hall–Kier alpha value is -0.0800. The summed E-state index contributed by atoms with van der Waals surface area (Å²) in [5.74, 6) is 0.802. The molecule has 0 aromatic carbocycles. The van der Waals surface area contributed by atoms with Gasteiger partial charge in [0.25, 0.3) is 0 Å². The highest BCUT2D eigenvalue weighted by atomic mass is 15.0. The fourth-order valence-electron chi connectivity index (χ4n) is 2.35. The van der Waals surface area contributed by atoms with E-state index in [9.17, 15) is 0 Å². The Bertz CT molecular complexity index is 178. The van der Waals surface area contributed by atoms with Crippen molar-refractivity contribution in [3.05, 3.63) is 0 Å². The van der Waals surface area contributed by atoms with Crippen LogP contribution in [0.1, 0.15) is 79.1 Å². The summed E-state index contributed by atoms with van der Waals surface area (Å²) >= 11 is 0. The summed E-state index contributed by atoms with van der Waals surface area (Å²) in [5, 5.41) is 3.71. The van der Waals surface area contributed by atoms with Crippen LogP contribution in [0.15, 0.2) is 0 Å². The second-order valence-electron chi connectivity index (χ2n) is 5.99. The van der Waals surface area contributed by atoms with Gasteiger partial charge in [-0.1, -0.05) is 65.7 Å². The van der Waals surface area contributed by atoms with Crippen LogP contribution in [0.4, 0.5) is 0 Å². The molecule has 0 fully saturated rings. The van der Waals surface area contributed by atoms with Crippen molar-refractivity contribution >= 4 is 0 Å². The number of hydrogen-bond acceptors (Lipinski definition) is 2. The van der Waals surface area contributed by atoms with Gasteiger partial charge in [0.1, 0.15) is 0 Å². The minimum atomic E-state index is 0.148. The van der Waals surface area contributed by atoms with Gasteiger partial charge in [-0.15, -0.1) is 0 Å². The van der Waals surface area contributed by atoms with E-state index in [0.717, 1.165) is 19.0 Å². The van der Waals surface area contributed by atoms with E-state index in [4.69, 9.17) is 5.73 Å². The van der Waals surface area contributed by atoms with Crippen molar-refractivity contribution in [2.75, 3.05) is 13.1 Å². The Balaban J connectivity index is 3.86. The Labute approximate surface area is 115 Å². The largest absolute Gasteiger partial charge is 0.329 e. The van der Waals surface area contributed by atoms with E-state index in [1.807, 2.05) is 0 Å². The first-order chi connectivity index (χ1) is 8.61. The van der Waals surface area contributed by atoms with Gasteiger partial charge in [0, 0.05) is 12.1 Å². The number of hydrogen-bond donors (Lipinski definition) is 2. The topological polar surface area (TPSA) is 38.0 Å². The summed E-state index contributed by atoms with van der Waals surface area (Å²) < 4.78 is 0. The lowest BCUT2D eigenvalue weighted by Gasteiger charge is -2.31. The van der Waals surface area contributed by atoms with Crippen LogP contribution in [0.2, 0.25) is 0 Å². The molecule has 0 aromatic heterocycles. The SMILES string of the molecule is CCCCCCCC(C)(CN)NCC(CC)CC. The van der Waals surface area contributed by atoms with Gasteiger partial charge in [0.05, 0.1) is 0 Å². The smallest absolute Gasteiger partial charge is 0.0275 e. The molecule has 0 spiro atoms. The zero-order chi connectivity index (χ0) is 13.9. The molecule has 0 rings (SSSR count). The molecule has 110 valence electrons. The number of unbranched alkanes of at least 4 members (excludes halogenated alkanes) is 4. The van der Waals surface area contributed by atoms with Crippen molar-refractivity contribution in [3.8, 4) is 0 Å². The minimum Gasteiger partial charge on any atom is -0.329 e. The molecule has 3 N–H and O–H groups in total. The zero-order valence-corrected chi connectivity index (χ0v) is 13.2. The van der Waals surface area contributed by atoms with Crippen LogP contribution >= 0.6 is 0 Å². The Kier molecular flexibility index (Phi) is 10.8. The highest BCUT2D eigenvalue weighted by molar-refractivity contribution is 4.84. The second-order valence-corrected chi connectivity index (χ2v) is 5.99. The van der Waals surface area contributed by atoms with E-state index in [0.29, 0.717) is 0 Å². The van der Waals surface area contributed by atoms with E-state index in [2.05, 4.69) is 33.0 Å². The van der Waals surface area contributed by atoms with Crippen LogP contribution in [0.3, 0.4) is 0 Å². The van der Waals surface area contributed by atoms with Crippen LogP contribution in [-0.2, 0) is 0 Å². The van der Waals surface area contributed by atoms with Gasteiger partial charge in [-0.05, 0) is 25.8 Å². The molecule has 1 atom stereocenters. The fourth-order valence-corrected chi connectivity index (χ4v) is 2.35. The highest BCUT2D eigenvalue weighted by Gasteiger charge is 2.21. The standard InChI is InChI=1S/C16H36N2/c1-5-8-9-10-11-12-16(4,14-17)18-13-15(6-2)7-3/h15,18H,5-14,17H2,1-4H3. The predicted molar refractivity (Wildman–Crippen MR) is 82.9 cm³/mol. The zero-order valence-electron chi connectivity index (χ0n) is 13.2. The molecule has 0 amide bonds. The van der Waals surface area contributed by atoms with E-state index < -0.39 is 0 Å². The molecule has 0 saturated heterocycles. The van der Waals surface area contributed by atoms with E-state index in [1.165, 1.54) is 51.4 Å². The molecule has 18 heavy (non-hydrogen) atoms. The average molecular weight is 256 g/mol.